The number of hydrogen-bond donors (Lipinski definition) is 4. The molecule has 0 aliphatic rings. The standard InChI is InChI=1S/C17H26N7O10S4.3Li/c1-35(25,26)9-3-10-36(27,28)20-7-6-18-15-22-16(19-8-11-37(29,30)31)24-17(23-15)21-13-4-2-5-14(12-13)38(32,33)34;;;/h2,5,12,20H,3,6-11H2,1H3,(H,29,30,31)(H,32,33,34)(H3,18,19,21,22,23,24);;;/q-1;3*+1/p-2. The molecule has 0 unspecified atom stereocenters. The molecule has 0 radical (unpaired) electrons. The van der Waals surface area contributed by atoms with E-state index in [2.05, 4.69) is 41.7 Å². The second-order valence-electron chi connectivity index (χ2n) is 7.64. The molecular formula is C17H24Li3N7O10S4. The van der Waals surface area contributed by atoms with Gasteiger partial charge >= 0.3 is 56.6 Å². The van der Waals surface area contributed by atoms with Crippen molar-refractivity contribution in [1.29, 1.82) is 0 Å². The zero-order chi connectivity index (χ0) is 28.6. The molecule has 2 rings (SSSR count). The van der Waals surface area contributed by atoms with Crippen molar-refractivity contribution in [3.8, 4) is 0 Å². The van der Waals surface area contributed by atoms with Crippen LogP contribution >= 0.6 is 0 Å². The molecule has 214 valence electrons. The Hall–Kier alpha value is -0.898. The maximum absolute atomic E-state index is 12.0. The molecule has 24 heteroatoms. The molecule has 0 bridgehead atoms. The Kier molecular flexibility index (Phi) is 18.6. The van der Waals surface area contributed by atoms with Crippen molar-refractivity contribution >= 4 is 63.6 Å². The van der Waals surface area contributed by atoms with Gasteiger partial charge in [0.05, 0.1) is 27.4 Å². The second kappa shape index (κ2) is 18.0. The maximum Gasteiger partial charge on any atom is 1.00 e. The van der Waals surface area contributed by atoms with E-state index in [0.717, 1.165) is 18.4 Å². The van der Waals surface area contributed by atoms with Crippen molar-refractivity contribution in [3.05, 3.63) is 24.3 Å². The van der Waals surface area contributed by atoms with Gasteiger partial charge in [0.25, 0.3) is 0 Å². The van der Waals surface area contributed by atoms with Gasteiger partial charge in [-0.1, -0.05) is 10.6 Å². The third kappa shape index (κ3) is 18.4. The van der Waals surface area contributed by atoms with E-state index >= 15 is 0 Å². The van der Waals surface area contributed by atoms with E-state index in [-0.39, 0.29) is 112 Å². The number of benzene rings is 1. The van der Waals surface area contributed by atoms with Gasteiger partial charge in [-0.05, 0) is 6.42 Å². The number of nitrogens with one attached hydrogen (secondary N) is 4. The Bertz CT molecular complexity index is 1560. The SMILES string of the molecule is CS(=O)(=O)CCCS(=O)(=O)NCCNc1nc(NCCS(=O)(=O)[O-])nc(Nc2[c-]ccc(S(=O)(=O)[O-])c2)n1.[Li+].[Li+].[Li+]. The van der Waals surface area contributed by atoms with Crippen LogP contribution in [0.1, 0.15) is 6.42 Å². The van der Waals surface area contributed by atoms with E-state index in [1.165, 1.54) is 6.07 Å². The van der Waals surface area contributed by atoms with Gasteiger partial charge in [0.2, 0.25) is 27.9 Å². The molecule has 0 spiro atoms. The minimum absolute atomic E-state index is 0. The third-order valence-corrected chi connectivity index (χ3v) is 8.27. The fraction of sp³-hybridized carbons (Fsp3) is 0.471. The first-order chi connectivity index (χ1) is 17.4. The normalized spacial score (nSPS) is 11.8. The van der Waals surface area contributed by atoms with Crippen LogP contribution in [0.2, 0.25) is 0 Å². The number of sulfonamides is 1. The first-order valence-corrected chi connectivity index (χ1v) is 17.2. The summed E-state index contributed by atoms with van der Waals surface area (Å²) >= 11 is 0. The summed E-state index contributed by atoms with van der Waals surface area (Å²) in [5.41, 5.74) is -0.00554. The van der Waals surface area contributed by atoms with E-state index < -0.39 is 56.5 Å². The van der Waals surface area contributed by atoms with E-state index in [1.54, 1.807) is 0 Å². The average Bonchev–Trinajstić information content (AvgIpc) is 2.74. The molecule has 1 heterocycles. The molecule has 0 fully saturated rings. The predicted molar refractivity (Wildman–Crippen MR) is 134 cm³/mol. The van der Waals surface area contributed by atoms with Crippen molar-refractivity contribution in [3.63, 3.8) is 0 Å². The smallest absolute Gasteiger partial charge is 0.748 e. The van der Waals surface area contributed by atoms with Crippen molar-refractivity contribution < 1.29 is 99.4 Å². The van der Waals surface area contributed by atoms with Gasteiger partial charge in [-0.25, -0.2) is 38.4 Å². The van der Waals surface area contributed by atoms with Gasteiger partial charge in [-0.2, -0.15) is 33.2 Å². The molecule has 0 atom stereocenters. The fourth-order valence-corrected chi connectivity index (χ4v) is 5.42. The summed E-state index contributed by atoms with van der Waals surface area (Å²) in [6.07, 6.45) is 0.919. The molecule has 0 amide bonds. The minimum Gasteiger partial charge on any atom is -0.748 e. The summed E-state index contributed by atoms with van der Waals surface area (Å²) in [6.45, 7) is -0.527. The van der Waals surface area contributed by atoms with Crippen molar-refractivity contribution in [2.45, 2.75) is 11.3 Å². The predicted octanol–water partition coefficient (Wildman–Crippen LogP) is -10.9. The van der Waals surface area contributed by atoms with Gasteiger partial charge in [0, 0.05) is 25.9 Å². The minimum atomic E-state index is -4.76. The van der Waals surface area contributed by atoms with Gasteiger partial charge in [-0.3, -0.25) is 0 Å². The third-order valence-electron chi connectivity index (χ3n) is 4.24. The molecular weight excluding hydrogens is 611 g/mol. The Morgan fingerprint density at radius 3 is 1.88 bits per heavy atom. The Balaban J connectivity index is 0. The van der Waals surface area contributed by atoms with Crippen LogP contribution in [0.15, 0.2) is 23.1 Å². The van der Waals surface area contributed by atoms with E-state index in [4.69, 9.17) is 0 Å². The Labute approximate surface area is 275 Å². The van der Waals surface area contributed by atoms with Crippen LogP contribution in [0.5, 0.6) is 0 Å². The van der Waals surface area contributed by atoms with Crippen LogP contribution in [-0.2, 0) is 40.1 Å². The molecule has 0 aliphatic carbocycles. The van der Waals surface area contributed by atoms with Crippen LogP contribution in [0.4, 0.5) is 23.5 Å². The quantitative estimate of drug-likeness (QED) is 0.0577. The first kappa shape index (κ1) is 42.2. The summed E-state index contributed by atoms with van der Waals surface area (Å²) in [5, 5.41) is 7.83. The molecule has 0 saturated heterocycles. The Morgan fingerprint density at radius 1 is 0.780 bits per heavy atom. The molecule has 1 aromatic carbocycles. The van der Waals surface area contributed by atoms with Crippen LogP contribution in [0.25, 0.3) is 0 Å². The molecule has 0 aliphatic heterocycles. The van der Waals surface area contributed by atoms with Crippen LogP contribution in [0, 0.1) is 6.07 Å². The summed E-state index contributed by atoms with van der Waals surface area (Å²) in [6, 6.07) is 5.83. The molecule has 17 nitrogen and oxygen atoms in total. The van der Waals surface area contributed by atoms with Crippen LogP contribution in [-0.4, -0.2) is 101 Å². The number of anilines is 4. The molecule has 2 aromatic rings. The second-order valence-corrected chi connectivity index (χ2v) is 14.7. The van der Waals surface area contributed by atoms with Crippen LogP contribution < -0.4 is 77.3 Å². The summed E-state index contributed by atoms with van der Waals surface area (Å²) < 4.78 is 115. The van der Waals surface area contributed by atoms with E-state index in [0.29, 0.717) is 0 Å². The van der Waals surface area contributed by atoms with Gasteiger partial charge in [0.15, 0.2) is 0 Å². The van der Waals surface area contributed by atoms with E-state index in [1.807, 2.05) is 0 Å². The molecule has 4 N–H and O–H groups in total. The largest absolute Gasteiger partial charge is 1.00 e. The molecule has 1 aromatic heterocycles. The van der Waals surface area contributed by atoms with Crippen molar-refractivity contribution in [2.24, 2.45) is 0 Å². The topological polar surface area (TPSA) is 269 Å². The molecule has 41 heavy (non-hydrogen) atoms. The van der Waals surface area contributed by atoms with Gasteiger partial charge in [0.1, 0.15) is 20.0 Å². The van der Waals surface area contributed by atoms with Crippen molar-refractivity contribution in [1.82, 2.24) is 19.7 Å². The zero-order valence-corrected chi connectivity index (χ0v) is 26.0. The van der Waals surface area contributed by atoms with Gasteiger partial charge in [-0.15, -0.1) is 6.07 Å². The molecule has 0 saturated carbocycles. The Morgan fingerprint density at radius 2 is 1.34 bits per heavy atom. The van der Waals surface area contributed by atoms with Gasteiger partial charge < -0.3 is 25.1 Å². The zero-order valence-electron chi connectivity index (χ0n) is 22.7. The first-order valence-electron chi connectivity index (χ1n) is 10.5. The average molecular weight is 636 g/mol. The maximum atomic E-state index is 12.0. The number of sulfone groups is 1. The number of hydrogen-bond acceptors (Lipinski definition) is 16. The summed E-state index contributed by atoms with van der Waals surface area (Å²) in [7, 11) is -16.3. The van der Waals surface area contributed by atoms with E-state index in [9.17, 15) is 42.8 Å². The summed E-state index contributed by atoms with van der Waals surface area (Å²) in [4.78, 5) is 11.4. The number of rotatable bonds is 16. The monoisotopic (exact) mass is 635 g/mol. The number of nitrogens with zero attached hydrogens (tertiary/aromatic N) is 3. The van der Waals surface area contributed by atoms with Crippen molar-refractivity contribution in [2.75, 3.05) is 59.1 Å². The van der Waals surface area contributed by atoms with Crippen LogP contribution in [0.3, 0.4) is 0 Å². The fourth-order valence-electron chi connectivity index (χ4n) is 2.64. The number of aromatic nitrogens is 3. The summed E-state index contributed by atoms with van der Waals surface area (Å²) in [5.74, 6) is -1.97.